The topological polar surface area (TPSA) is 58.2 Å². The van der Waals surface area contributed by atoms with Gasteiger partial charge in [0, 0.05) is 13.0 Å². The number of carbonyl (C=O) groups excluding carboxylic acids is 2. The molecule has 0 aromatic carbocycles. The third kappa shape index (κ3) is 5.22. The van der Waals surface area contributed by atoms with Crippen molar-refractivity contribution in [1.82, 2.24) is 10.6 Å². The molecule has 0 heterocycles. The van der Waals surface area contributed by atoms with Crippen LogP contribution in [-0.4, -0.2) is 18.0 Å². The van der Waals surface area contributed by atoms with Gasteiger partial charge >= 0.3 is 6.03 Å². The van der Waals surface area contributed by atoms with Gasteiger partial charge in [-0.2, -0.15) is 0 Å². The fourth-order valence-corrected chi connectivity index (χ4v) is 0.609. The van der Waals surface area contributed by atoms with Crippen LogP contribution in [0.25, 0.3) is 0 Å². The predicted octanol–water partition coefficient (Wildman–Crippen LogP) is 1.27. The van der Waals surface area contributed by atoms with Crippen molar-refractivity contribution >= 4 is 11.9 Å². The van der Waals surface area contributed by atoms with Crippen molar-refractivity contribution in [3.8, 4) is 0 Å². The van der Waals surface area contributed by atoms with Gasteiger partial charge in [-0.25, -0.2) is 4.79 Å². The van der Waals surface area contributed by atoms with E-state index in [4.69, 9.17) is 0 Å². The number of hydrogen-bond donors (Lipinski definition) is 2. The molecule has 1 atom stereocenters. The SMILES string of the molecule is CC(=O)NC(=O)N[C@@H](C)C(C)(C)C. The summed E-state index contributed by atoms with van der Waals surface area (Å²) in [5.74, 6) is -0.349. The Hall–Kier alpha value is -1.06. The Morgan fingerprint density at radius 3 is 2.00 bits per heavy atom. The van der Waals surface area contributed by atoms with Crippen LogP contribution in [0, 0.1) is 5.41 Å². The Bertz CT molecular complexity index is 206. The van der Waals surface area contributed by atoms with E-state index in [1.807, 2.05) is 27.7 Å². The lowest BCUT2D eigenvalue weighted by atomic mass is 9.88. The van der Waals surface area contributed by atoms with Crippen molar-refractivity contribution in [3.63, 3.8) is 0 Å². The zero-order chi connectivity index (χ0) is 10.6. The highest BCUT2D eigenvalue weighted by molar-refractivity contribution is 5.93. The van der Waals surface area contributed by atoms with Crippen molar-refractivity contribution in [2.24, 2.45) is 5.41 Å². The average molecular weight is 186 g/mol. The molecule has 3 amide bonds. The summed E-state index contributed by atoms with van der Waals surface area (Å²) in [6, 6.07) is -0.415. The summed E-state index contributed by atoms with van der Waals surface area (Å²) in [5.41, 5.74) is -0.00582. The molecule has 0 aliphatic heterocycles. The summed E-state index contributed by atoms with van der Waals surface area (Å²) in [6.45, 7) is 9.27. The highest BCUT2D eigenvalue weighted by Gasteiger charge is 2.21. The van der Waals surface area contributed by atoms with E-state index in [1.165, 1.54) is 6.92 Å². The summed E-state index contributed by atoms with van der Waals surface area (Å²) >= 11 is 0. The van der Waals surface area contributed by atoms with Gasteiger partial charge in [0.05, 0.1) is 0 Å². The second kappa shape index (κ2) is 4.25. The third-order valence-corrected chi connectivity index (χ3v) is 1.94. The molecule has 0 rings (SSSR count). The van der Waals surface area contributed by atoms with Gasteiger partial charge in [0.25, 0.3) is 0 Å². The number of carbonyl (C=O) groups is 2. The molecule has 13 heavy (non-hydrogen) atoms. The van der Waals surface area contributed by atoms with Gasteiger partial charge in [-0.15, -0.1) is 0 Å². The van der Waals surface area contributed by atoms with Gasteiger partial charge < -0.3 is 5.32 Å². The first-order valence-corrected chi connectivity index (χ1v) is 4.31. The minimum absolute atomic E-state index is 0.00582. The number of hydrogen-bond acceptors (Lipinski definition) is 2. The molecule has 0 aliphatic carbocycles. The maximum atomic E-state index is 11.1. The zero-order valence-electron chi connectivity index (χ0n) is 8.89. The van der Waals surface area contributed by atoms with Crippen molar-refractivity contribution in [2.45, 2.75) is 40.7 Å². The van der Waals surface area contributed by atoms with E-state index in [-0.39, 0.29) is 17.4 Å². The standard InChI is InChI=1S/C9H18N2O2/c1-6(9(3,4)5)10-8(13)11-7(2)12/h6H,1-5H3,(H2,10,11,12,13)/t6-/m0/s1. The first-order valence-electron chi connectivity index (χ1n) is 4.31. The highest BCUT2D eigenvalue weighted by atomic mass is 16.2. The molecular weight excluding hydrogens is 168 g/mol. The smallest absolute Gasteiger partial charge is 0.321 e. The largest absolute Gasteiger partial charge is 0.335 e. The van der Waals surface area contributed by atoms with Crippen LogP contribution in [0.5, 0.6) is 0 Å². The molecule has 0 bridgehead atoms. The van der Waals surface area contributed by atoms with Crippen LogP contribution in [0.1, 0.15) is 34.6 Å². The van der Waals surface area contributed by atoms with E-state index in [0.717, 1.165) is 0 Å². The summed E-state index contributed by atoms with van der Waals surface area (Å²) < 4.78 is 0. The summed E-state index contributed by atoms with van der Waals surface area (Å²) in [6.07, 6.45) is 0. The molecule has 0 unspecified atom stereocenters. The Kier molecular flexibility index (Phi) is 3.91. The maximum Gasteiger partial charge on any atom is 0.321 e. The minimum Gasteiger partial charge on any atom is -0.335 e. The van der Waals surface area contributed by atoms with E-state index in [1.54, 1.807) is 0 Å². The van der Waals surface area contributed by atoms with Crippen LogP contribution < -0.4 is 10.6 Å². The van der Waals surface area contributed by atoms with Crippen LogP contribution in [0.2, 0.25) is 0 Å². The quantitative estimate of drug-likeness (QED) is 0.647. The van der Waals surface area contributed by atoms with Crippen LogP contribution >= 0.6 is 0 Å². The Balaban J connectivity index is 4.00. The Morgan fingerprint density at radius 2 is 1.69 bits per heavy atom. The van der Waals surface area contributed by atoms with Gasteiger partial charge in [0.1, 0.15) is 0 Å². The summed E-state index contributed by atoms with van der Waals surface area (Å²) in [4.78, 5) is 21.6. The lowest BCUT2D eigenvalue weighted by molar-refractivity contribution is -0.117. The summed E-state index contributed by atoms with van der Waals surface area (Å²) in [7, 11) is 0. The Morgan fingerprint density at radius 1 is 1.23 bits per heavy atom. The molecule has 0 aromatic heterocycles. The van der Waals surface area contributed by atoms with E-state index < -0.39 is 6.03 Å². The van der Waals surface area contributed by atoms with Crippen molar-refractivity contribution in [3.05, 3.63) is 0 Å². The van der Waals surface area contributed by atoms with Crippen molar-refractivity contribution in [2.75, 3.05) is 0 Å². The van der Waals surface area contributed by atoms with Gasteiger partial charge in [-0.05, 0) is 12.3 Å². The van der Waals surface area contributed by atoms with Gasteiger partial charge in [0.15, 0.2) is 0 Å². The number of urea groups is 1. The second-order valence-corrected chi connectivity index (χ2v) is 4.24. The van der Waals surface area contributed by atoms with E-state index in [9.17, 15) is 9.59 Å². The predicted molar refractivity (Wildman–Crippen MR) is 51.3 cm³/mol. The number of rotatable bonds is 1. The average Bonchev–Trinajstić information content (AvgIpc) is 1.82. The first kappa shape index (κ1) is 11.9. The molecule has 76 valence electrons. The molecule has 0 spiro atoms. The molecular formula is C9H18N2O2. The van der Waals surface area contributed by atoms with E-state index >= 15 is 0 Å². The monoisotopic (exact) mass is 186 g/mol. The molecule has 0 radical (unpaired) electrons. The number of imide groups is 1. The fourth-order valence-electron chi connectivity index (χ4n) is 0.609. The fraction of sp³-hybridized carbons (Fsp3) is 0.778. The molecule has 4 nitrogen and oxygen atoms in total. The molecule has 4 heteroatoms. The minimum atomic E-state index is -0.435. The molecule has 0 fully saturated rings. The Labute approximate surface area is 79.1 Å². The van der Waals surface area contributed by atoms with Gasteiger partial charge in [0.2, 0.25) is 5.91 Å². The normalized spacial score (nSPS) is 13.3. The van der Waals surface area contributed by atoms with E-state index in [0.29, 0.717) is 0 Å². The molecule has 0 aromatic rings. The lowest BCUT2D eigenvalue weighted by Gasteiger charge is -2.27. The van der Waals surface area contributed by atoms with Crippen LogP contribution in [0.4, 0.5) is 4.79 Å². The molecule has 0 saturated heterocycles. The van der Waals surface area contributed by atoms with Crippen LogP contribution in [0.15, 0.2) is 0 Å². The molecule has 2 N–H and O–H groups in total. The van der Waals surface area contributed by atoms with Crippen molar-refractivity contribution < 1.29 is 9.59 Å². The third-order valence-electron chi connectivity index (χ3n) is 1.94. The van der Waals surface area contributed by atoms with Crippen molar-refractivity contribution in [1.29, 1.82) is 0 Å². The second-order valence-electron chi connectivity index (χ2n) is 4.24. The molecule has 0 saturated carbocycles. The van der Waals surface area contributed by atoms with Crippen LogP contribution in [-0.2, 0) is 4.79 Å². The first-order chi connectivity index (χ1) is 5.73. The highest BCUT2D eigenvalue weighted by Crippen LogP contribution is 2.18. The van der Waals surface area contributed by atoms with Gasteiger partial charge in [-0.1, -0.05) is 20.8 Å². The van der Waals surface area contributed by atoms with Crippen LogP contribution in [0.3, 0.4) is 0 Å². The zero-order valence-corrected chi connectivity index (χ0v) is 8.89. The number of nitrogens with one attached hydrogen (secondary N) is 2. The molecule has 0 aliphatic rings. The number of amides is 3. The van der Waals surface area contributed by atoms with Gasteiger partial charge in [-0.3, -0.25) is 10.1 Å². The summed E-state index contributed by atoms with van der Waals surface area (Å²) in [5, 5.41) is 4.84. The van der Waals surface area contributed by atoms with E-state index in [2.05, 4.69) is 10.6 Å². The lowest BCUT2D eigenvalue weighted by Crippen LogP contribution is -2.47. The maximum absolute atomic E-state index is 11.1.